The van der Waals surface area contributed by atoms with Gasteiger partial charge < -0.3 is 14.6 Å². The minimum atomic E-state index is -0.748. The smallest absolute Gasteiger partial charge is 0.305 e. The topological polar surface area (TPSA) is 62.2 Å². The number of ether oxygens (including phenoxy) is 2. The van der Waals surface area contributed by atoms with E-state index in [1.807, 2.05) is 0 Å². The molecule has 0 bridgehead atoms. The largest absolute Gasteiger partial charge is 0.481 e. The van der Waals surface area contributed by atoms with Crippen LogP contribution in [0.2, 0.25) is 0 Å². The molecule has 2 rings (SSSR count). The Morgan fingerprint density at radius 2 is 1.83 bits per heavy atom. The fraction of sp³-hybridized carbons (Fsp3) is 0.917. The van der Waals surface area contributed by atoms with Gasteiger partial charge in [-0.25, -0.2) is 0 Å². The maximum Gasteiger partial charge on any atom is 0.305 e. The summed E-state index contributed by atoms with van der Waals surface area (Å²) in [5, 5.41) is 8.89. The number of morpholine rings is 2. The van der Waals surface area contributed by atoms with Crippen molar-refractivity contribution < 1.29 is 19.4 Å². The Morgan fingerprint density at radius 3 is 2.56 bits per heavy atom. The molecule has 0 amide bonds. The molecule has 2 saturated heterocycles. The van der Waals surface area contributed by atoms with Crippen molar-refractivity contribution >= 4 is 5.97 Å². The first-order chi connectivity index (χ1) is 8.75. The van der Waals surface area contributed by atoms with Crippen LogP contribution in [0.1, 0.15) is 6.42 Å². The van der Waals surface area contributed by atoms with Crippen LogP contribution >= 0.6 is 0 Å². The Balaban J connectivity index is 1.75. The Kier molecular flexibility index (Phi) is 5.37. The highest BCUT2D eigenvalue weighted by atomic mass is 16.5. The molecule has 18 heavy (non-hydrogen) atoms. The van der Waals surface area contributed by atoms with Crippen molar-refractivity contribution in [2.75, 3.05) is 59.2 Å². The van der Waals surface area contributed by atoms with Gasteiger partial charge in [0.05, 0.1) is 32.8 Å². The second-order valence-corrected chi connectivity index (χ2v) is 4.82. The Hall–Kier alpha value is -0.690. The van der Waals surface area contributed by atoms with Gasteiger partial charge in [-0.05, 0) is 0 Å². The van der Waals surface area contributed by atoms with E-state index in [9.17, 15) is 4.79 Å². The molecule has 0 aromatic carbocycles. The molecule has 2 aliphatic rings. The lowest BCUT2D eigenvalue weighted by Gasteiger charge is -2.36. The predicted octanol–water partition coefficient (Wildman–Crippen LogP) is -0.506. The van der Waals surface area contributed by atoms with Gasteiger partial charge in [-0.15, -0.1) is 0 Å². The summed E-state index contributed by atoms with van der Waals surface area (Å²) in [7, 11) is 0. The second kappa shape index (κ2) is 7.04. The summed E-state index contributed by atoms with van der Waals surface area (Å²) in [6.45, 7) is 7.56. The van der Waals surface area contributed by atoms with Crippen LogP contribution in [0.25, 0.3) is 0 Å². The predicted molar refractivity (Wildman–Crippen MR) is 65.7 cm³/mol. The molecule has 1 N–H and O–H groups in total. The van der Waals surface area contributed by atoms with E-state index in [0.29, 0.717) is 13.2 Å². The molecule has 0 aliphatic carbocycles. The van der Waals surface area contributed by atoms with Gasteiger partial charge in [0.2, 0.25) is 0 Å². The molecule has 0 saturated carbocycles. The van der Waals surface area contributed by atoms with E-state index in [4.69, 9.17) is 14.6 Å². The molecule has 6 heteroatoms. The molecule has 104 valence electrons. The van der Waals surface area contributed by atoms with Gasteiger partial charge in [-0.2, -0.15) is 0 Å². The number of nitrogens with zero attached hydrogens (tertiary/aromatic N) is 2. The minimum absolute atomic E-state index is 0.0253. The number of hydrogen-bond donors (Lipinski definition) is 1. The molecule has 0 aromatic rings. The fourth-order valence-electron chi connectivity index (χ4n) is 2.47. The second-order valence-electron chi connectivity index (χ2n) is 4.82. The first-order valence-electron chi connectivity index (χ1n) is 6.59. The third-order valence-corrected chi connectivity index (χ3v) is 3.57. The quantitative estimate of drug-likeness (QED) is 0.717. The van der Waals surface area contributed by atoms with Crippen LogP contribution in [0.3, 0.4) is 0 Å². The van der Waals surface area contributed by atoms with Crippen molar-refractivity contribution in [3.63, 3.8) is 0 Å². The molecule has 0 radical (unpaired) electrons. The maximum absolute atomic E-state index is 10.8. The highest BCUT2D eigenvalue weighted by Gasteiger charge is 2.25. The number of aliphatic carboxylic acids is 1. The first kappa shape index (κ1) is 13.7. The van der Waals surface area contributed by atoms with Crippen LogP contribution in [0.15, 0.2) is 0 Å². The van der Waals surface area contributed by atoms with E-state index in [0.717, 1.165) is 45.9 Å². The fourth-order valence-corrected chi connectivity index (χ4v) is 2.47. The molecule has 0 spiro atoms. The summed E-state index contributed by atoms with van der Waals surface area (Å²) in [5.41, 5.74) is 0. The lowest BCUT2D eigenvalue weighted by molar-refractivity contribution is -0.140. The molecule has 2 heterocycles. The normalized spacial score (nSPS) is 27.2. The summed E-state index contributed by atoms with van der Waals surface area (Å²) < 4.78 is 10.7. The van der Waals surface area contributed by atoms with Crippen LogP contribution in [0.5, 0.6) is 0 Å². The number of rotatable bonds is 5. The molecular formula is C12H22N2O4. The van der Waals surface area contributed by atoms with Crippen molar-refractivity contribution in [1.82, 2.24) is 9.80 Å². The van der Waals surface area contributed by atoms with Crippen LogP contribution in [-0.2, 0) is 14.3 Å². The Bertz CT molecular complexity index is 269. The summed E-state index contributed by atoms with van der Waals surface area (Å²) in [6.07, 6.45) is 0.170. The van der Waals surface area contributed by atoms with Crippen LogP contribution in [0, 0.1) is 0 Å². The van der Waals surface area contributed by atoms with Gasteiger partial charge in [0, 0.05) is 38.8 Å². The lowest BCUT2D eigenvalue weighted by atomic mass is 10.1. The third-order valence-electron chi connectivity index (χ3n) is 3.57. The third kappa shape index (κ3) is 4.20. The zero-order chi connectivity index (χ0) is 12.8. The van der Waals surface area contributed by atoms with Gasteiger partial charge >= 0.3 is 5.97 Å². The highest BCUT2D eigenvalue weighted by molar-refractivity contribution is 5.67. The summed E-state index contributed by atoms with van der Waals surface area (Å²) >= 11 is 0. The number of carboxylic acid groups (broad SMARTS) is 1. The number of carboxylic acids is 1. The van der Waals surface area contributed by atoms with E-state index < -0.39 is 5.97 Å². The summed E-state index contributed by atoms with van der Waals surface area (Å²) in [6, 6.07) is 0.0253. The van der Waals surface area contributed by atoms with Gasteiger partial charge in [0.25, 0.3) is 0 Å². The van der Waals surface area contributed by atoms with Gasteiger partial charge in [-0.1, -0.05) is 0 Å². The summed E-state index contributed by atoms with van der Waals surface area (Å²) in [4.78, 5) is 15.4. The molecular weight excluding hydrogens is 236 g/mol. The number of hydrogen-bond acceptors (Lipinski definition) is 5. The Labute approximate surface area is 107 Å². The van der Waals surface area contributed by atoms with E-state index >= 15 is 0 Å². The van der Waals surface area contributed by atoms with Crippen molar-refractivity contribution in [2.45, 2.75) is 12.5 Å². The SMILES string of the molecule is O=C(O)CC1COCCN1CCN1CCOCC1. The van der Waals surface area contributed by atoms with E-state index in [1.54, 1.807) is 0 Å². The van der Waals surface area contributed by atoms with Crippen LogP contribution in [0.4, 0.5) is 0 Å². The Morgan fingerprint density at radius 1 is 1.11 bits per heavy atom. The van der Waals surface area contributed by atoms with Crippen molar-refractivity contribution in [3.05, 3.63) is 0 Å². The highest BCUT2D eigenvalue weighted by Crippen LogP contribution is 2.11. The lowest BCUT2D eigenvalue weighted by Crippen LogP contribution is -2.50. The zero-order valence-corrected chi connectivity index (χ0v) is 10.7. The molecule has 0 aromatic heterocycles. The number of carbonyl (C=O) groups is 1. The average Bonchev–Trinajstić information content (AvgIpc) is 2.38. The maximum atomic E-state index is 10.8. The molecule has 2 fully saturated rings. The van der Waals surface area contributed by atoms with Crippen molar-refractivity contribution in [2.24, 2.45) is 0 Å². The van der Waals surface area contributed by atoms with Crippen molar-refractivity contribution in [3.8, 4) is 0 Å². The summed E-state index contributed by atoms with van der Waals surface area (Å²) in [5.74, 6) is -0.748. The monoisotopic (exact) mass is 258 g/mol. The zero-order valence-electron chi connectivity index (χ0n) is 10.7. The molecule has 1 unspecified atom stereocenters. The standard InChI is InChI=1S/C12H22N2O4/c15-12(16)9-11-10-18-8-5-14(11)2-1-13-3-6-17-7-4-13/h11H,1-10H2,(H,15,16). The van der Waals surface area contributed by atoms with Gasteiger partial charge in [-0.3, -0.25) is 14.6 Å². The van der Waals surface area contributed by atoms with Crippen LogP contribution < -0.4 is 0 Å². The van der Waals surface area contributed by atoms with Gasteiger partial charge in [0.15, 0.2) is 0 Å². The van der Waals surface area contributed by atoms with E-state index in [2.05, 4.69) is 9.80 Å². The first-order valence-corrected chi connectivity index (χ1v) is 6.59. The van der Waals surface area contributed by atoms with Crippen molar-refractivity contribution in [1.29, 1.82) is 0 Å². The van der Waals surface area contributed by atoms with E-state index in [1.165, 1.54) is 0 Å². The van der Waals surface area contributed by atoms with Crippen LogP contribution in [-0.4, -0.2) is 86.1 Å². The molecule has 6 nitrogen and oxygen atoms in total. The average molecular weight is 258 g/mol. The molecule has 2 aliphatic heterocycles. The molecule has 1 atom stereocenters. The minimum Gasteiger partial charge on any atom is -0.481 e. The van der Waals surface area contributed by atoms with E-state index in [-0.39, 0.29) is 12.5 Å². The van der Waals surface area contributed by atoms with Gasteiger partial charge in [0.1, 0.15) is 0 Å².